The highest BCUT2D eigenvalue weighted by molar-refractivity contribution is 5.81. The summed E-state index contributed by atoms with van der Waals surface area (Å²) >= 11 is 0. The summed E-state index contributed by atoms with van der Waals surface area (Å²) in [4.78, 5) is 14.7. The third kappa shape index (κ3) is 1.70. The predicted octanol–water partition coefficient (Wildman–Crippen LogP) is 3.01. The molecule has 0 amide bonds. The highest BCUT2D eigenvalue weighted by atomic mass is 16.3. The first-order valence-corrected chi connectivity index (χ1v) is 6.46. The summed E-state index contributed by atoms with van der Waals surface area (Å²) < 4.78 is 5.80. The molecular formula is C15H17NO2. The van der Waals surface area contributed by atoms with Crippen LogP contribution in [0.1, 0.15) is 24.2 Å². The molecule has 0 spiro atoms. The van der Waals surface area contributed by atoms with Crippen molar-refractivity contribution in [2.45, 2.75) is 26.7 Å². The minimum atomic E-state index is 0.111. The molecule has 1 aliphatic rings. The lowest BCUT2D eigenvalue weighted by molar-refractivity contribution is 0.563. The van der Waals surface area contributed by atoms with Gasteiger partial charge in [-0.25, -0.2) is 0 Å². The van der Waals surface area contributed by atoms with Crippen molar-refractivity contribution < 1.29 is 4.42 Å². The minimum Gasteiger partial charge on any atom is -0.459 e. The van der Waals surface area contributed by atoms with Crippen molar-refractivity contribution >= 4 is 16.7 Å². The number of aryl methyl sites for hydroxylation is 2. The van der Waals surface area contributed by atoms with Crippen LogP contribution in [-0.4, -0.2) is 13.1 Å². The second-order valence-electron chi connectivity index (χ2n) is 5.03. The summed E-state index contributed by atoms with van der Waals surface area (Å²) in [6, 6.07) is 5.77. The molecule has 94 valence electrons. The smallest absolute Gasteiger partial charge is 0.216 e. The SMILES string of the molecule is Cc1ccc2oc(C)c(N3CCCC3)c(=O)c2c1. The van der Waals surface area contributed by atoms with Crippen molar-refractivity contribution in [2.24, 2.45) is 0 Å². The summed E-state index contributed by atoms with van der Waals surface area (Å²) in [5, 5.41) is 0.697. The van der Waals surface area contributed by atoms with Gasteiger partial charge in [0.2, 0.25) is 5.43 Å². The average molecular weight is 243 g/mol. The van der Waals surface area contributed by atoms with Crippen molar-refractivity contribution in [3.63, 3.8) is 0 Å². The highest BCUT2D eigenvalue weighted by Gasteiger charge is 2.20. The van der Waals surface area contributed by atoms with E-state index in [1.807, 2.05) is 32.0 Å². The van der Waals surface area contributed by atoms with Gasteiger partial charge in [0.25, 0.3) is 0 Å². The Morgan fingerprint density at radius 1 is 1.17 bits per heavy atom. The van der Waals surface area contributed by atoms with Crippen LogP contribution in [0.15, 0.2) is 27.4 Å². The van der Waals surface area contributed by atoms with Crippen LogP contribution in [0.25, 0.3) is 11.0 Å². The third-order valence-corrected chi connectivity index (χ3v) is 3.61. The first kappa shape index (κ1) is 11.3. The standard InChI is InChI=1S/C15H17NO2/c1-10-5-6-13-12(9-10)15(17)14(11(2)18-13)16-7-3-4-8-16/h5-6,9H,3-4,7-8H2,1-2H3. The summed E-state index contributed by atoms with van der Waals surface area (Å²) in [5.41, 5.74) is 2.64. The van der Waals surface area contributed by atoms with Crippen LogP contribution >= 0.6 is 0 Å². The predicted molar refractivity (Wildman–Crippen MR) is 73.4 cm³/mol. The minimum absolute atomic E-state index is 0.111. The molecule has 0 atom stereocenters. The van der Waals surface area contributed by atoms with E-state index in [1.165, 1.54) is 0 Å². The maximum Gasteiger partial charge on any atom is 0.216 e. The van der Waals surface area contributed by atoms with Crippen molar-refractivity contribution in [3.8, 4) is 0 Å². The van der Waals surface area contributed by atoms with Gasteiger partial charge in [-0.3, -0.25) is 4.79 Å². The van der Waals surface area contributed by atoms with Gasteiger partial charge in [-0.2, -0.15) is 0 Å². The van der Waals surface area contributed by atoms with Crippen LogP contribution in [0.5, 0.6) is 0 Å². The Morgan fingerprint density at radius 2 is 1.89 bits per heavy atom. The van der Waals surface area contributed by atoms with E-state index in [0.717, 1.165) is 42.9 Å². The lowest BCUT2D eigenvalue weighted by Crippen LogP contribution is -2.25. The van der Waals surface area contributed by atoms with Gasteiger partial charge in [-0.15, -0.1) is 0 Å². The van der Waals surface area contributed by atoms with Crippen LogP contribution in [0.3, 0.4) is 0 Å². The third-order valence-electron chi connectivity index (χ3n) is 3.61. The van der Waals surface area contributed by atoms with Crippen LogP contribution in [-0.2, 0) is 0 Å². The molecule has 1 aliphatic heterocycles. The topological polar surface area (TPSA) is 33.5 Å². The van der Waals surface area contributed by atoms with Crippen LogP contribution in [0.2, 0.25) is 0 Å². The molecule has 3 heteroatoms. The van der Waals surface area contributed by atoms with Gasteiger partial charge >= 0.3 is 0 Å². The van der Waals surface area contributed by atoms with Crippen molar-refractivity contribution in [3.05, 3.63) is 39.7 Å². The molecular weight excluding hydrogens is 226 g/mol. The number of rotatable bonds is 1. The molecule has 1 saturated heterocycles. The number of nitrogens with zero attached hydrogens (tertiary/aromatic N) is 1. The quantitative estimate of drug-likeness (QED) is 0.772. The zero-order chi connectivity index (χ0) is 12.7. The zero-order valence-corrected chi connectivity index (χ0v) is 10.8. The normalized spacial score (nSPS) is 15.6. The largest absolute Gasteiger partial charge is 0.459 e. The zero-order valence-electron chi connectivity index (χ0n) is 10.8. The molecule has 0 saturated carbocycles. The van der Waals surface area contributed by atoms with E-state index in [9.17, 15) is 4.79 Å². The number of hydrogen-bond donors (Lipinski definition) is 0. The van der Waals surface area contributed by atoms with Gasteiger partial charge in [0.1, 0.15) is 17.0 Å². The number of anilines is 1. The van der Waals surface area contributed by atoms with E-state index in [1.54, 1.807) is 0 Å². The van der Waals surface area contributed by atoms with Crippen LogP contribution in [0.4, 0.5) is 5.69 Å². The van der Waals surface area contributed by atoms with Gasteiger partial charge in [0.05, 0.1) is 5.39 Å². The van der Waals surface area contributed by atoms with E-state index in [2.05, 4.69) is 4.90 Å². The lowest BCUT2D eigenvalue weighted by Gasteiger charge is -2.18. The molecule has 18 heavy (non-hydrogen) atoms. The van der Waals surface area contributed by atoms with Gasteiger partial charge in [-0.05, 0) is 38.8 Å². The van der Waals surface area contributed by atoms with E-state index in [4.69, 9.17) is 4.42 Å². The van der Waals surface area contributed by atoms with Crippen LogP contribution < -0.4 is 10.3 Å². The van der Waals surface area contributed by atoms with E-state index in [0.29, 0.717) is 11.0 Å². The maximum absolute atomic E-state index is 12.6. The number of hydrogen-bond acceptors (Lipinski definition) is 3. The summed E-state index contributed by atoms with van der Waals surface area (Å²) in [7, 11) is 0. The molecule has 0 unspecified atom stereocenters. The first-order chi connectivity index (χ1) is 8.66. The Morgan fingerprint density at radius 3 is 2.61 bits per heavy atom. The second-order valence-corrected chi connectivity index (χ2v) is 5.03. The van der Waals surface area contributed by atoms with Gasteiger partial charge in [0.15, 0.2) is 0 Å². The van der Waals surface area contributed by atoms with Gasteiger partial charge in [-0.1, -0.05) is 11.6 Å². The molecule has 2 heterocycles. The maximum atomic E-state index is 12.6. The van der Waals surface area contributed by atoms with E-state index < -0.39 is 0 Å². The molecule has 2 aromatic rings. The van der Waals surface area contributed by atoms with E-state index in [-0.39, 0.29) is 5.43 Å². The average Bonchev–Trinajstić information content (AvgIpc) is 2.84. The van der Waals surface area contributed by atoms with Crippen molar-refractivity contribution in [2.75, 3.05) is 18.0 Å². The monoisotopic (exact) mass is 243 g/mol. The molecule has 0 radical (unpaired) electrons. The fraction of sp³-hybridized carbons (Fsp3) is 0.400. The summed E-state index contributed by atoms with van der Waals surface area (Å²) in [6.45, 7) is 5.80. The lowest BCUT2D eigenvalue weighted by atomic mass is 10.1. The van der Waals surface area contributed by atoms with E-state index >= 15 is 0 Å². The fourth-order valence-corrected chi connectivity index (χ4v) is 2.72. The first-order valence-electron chi connectivity index (χ1n) is 6.46. The molecule has 3 rings (SSSR count). The second kappa shape index (κ2) is 4.16. The fourth-order valence-electron chi connectivity index (χ4n) is 2.72. The molecule has 1 aromatic carbocycles. The molecule has 1 fully saturated rings. The Hall–Kier alpha value is -1.77. The van der Waals surface area contributed by atoms with Crippen LogP contribution in [0, 0.1) is 13.8 Å². The molecule has 1 aromatic heterocycles. The summed E-state index contributed by atoms with van der Waals surface area (Å²) in [5.74, 6) is 0.734. The Bertz CT molecular complexity index is 651. The molecule has 0 bridgehead atoms. The van der Waals surface area contributed by atoms with Crippen molar-refractivity contribution in [1.82, 2.24) is 0 Å². The molecule has 3 nitrogen and oxygen atoms in total. The molecule has 0 N–H and O–H groups in total. The molecule has 0 aliphatic carbocycles. The number of fused-ring (bicyclic) bond motifs is 1. The van der Waals surface area contributed by atoms with Gasteiger partial charge in [0, 0.05) is 13.1 Å². The number of benzene rings is 1. The highest BCUT2D eigenvalue weighted by Crippen LogP contribution is 2.24. The summed E-state index contributed by atoms with van der Waals surface area (Å²) in [6.07, 6.45) is 2.31. The Kier molecular flexibility index (Phi) is 2.62. The Balaban J connectivity index is 2.28. The Labute approximate surface area is 106 Å². The van der Waals surface area contributed by atoms with Crippen molar-refractivity contribution in [1.29, 1.82) is 0 Å². The van der Waals surface area contributed by atoms with Gasteiger partial charge < -0.3 is 9.32 Å².